The predicted octanol–water partition coefficient (Wildman–Crippen LogP) is 5.80. The van der Waals surface area contributed by atoms with Gasteiger partial charge in [0.15, 0.2) is 29.3 Å². The molecule has 0 aliphatic carbocycles. The molecule has 0 aromatic heterocycles. The van der Waals surface area contributed by atoms with Crippen molar-refractivity contribution in [3.8, 4) is 23.0 Å². The SMILES string of the molecule is CC(C)(CCN)CN(C[C@@H](O)[C@H](Cc1ccccc1)NC(=O)O[C@H]1CO[C@H]2OCC[C@H]21)S(=O)(=O)c1ccc2c(c1)OCO2.CC(C)CN(CC(C)(C)CCNC(=O)CO)S(=O)(=O)c1ccc2c(c1)OCO2.O=C(Cl)COCc1ccccc1. The lowest BCUT2D eigenvalue weighted by atomic mass is 9.89. The number of hydrogen-bond acceptors (Lipinski definition) is 18. The van der Waals surface area contributed by atoms with E-state index in [-0.39, 0.29) is 79.6 Å². The minimum atomic E-state index is -4.11. The Hall–Kier alpha value is -5.64. The summed E-state index contributed by atoms with van der Waals surface area (Å²) in [4.78, 5) is 34.8. The van der Waals surface area contributed by atoms with Crippen molar-refractivity contribution >= 4 is 48.9 Å². The van der Waals surface area contributed by atoms with Gasteiger partial charge in [0.1, 0.15) is 19.3 Å². The normalized spacial score (nSPS) is 17.9. The van der Waals surface area contributed by atoms with Gasteiger partial charge < -0.3 is 64.5 Å². The Morgan fingerprint density at radius 3 is 1.84 bits per heavy atom. The van der Waals surface area contributed by atoms with Crippen molar-refractivity contribution in [2.75, 3.05) is 79.3 Å². The number of amides is 2. The second-order valence-corrected chi connectivity index (χ2v) is 26.8. The minimum Gasteiger partial charge on any atom is -0.454 e. The fraction of sp³-hybridized carbons (Fsp3) is 0.534. The Labute approximate surface area is 492 Å². The molecule has 4 heterocycles. The highest BCUT2D eigenvalue weighted by atomic mass is 35.5. The number of ether oxygens (including phenoxy) is 8. The maximum atomic E-state index is 14.0. The first-order valence-corrected chi connectivity index (χ1v) is 30.7. The molecule has 4 aromatic carbocycles. The molecule has 6 N–H and O–H groups in total. The Morgan fingerprint density at radius 2 is 1.30 bits per heavy atom. The van der Waals surface area contributed by atoms with Gasteiger partial charge in [0, 0.05) is 44.9 Å². The zero-order valence-electron chi connectivity index (χ0n) is 47.9. The van der Waals surface area contributed by atoms with Crippen LogP contribution in [0, 0.1) is 22.7 Å². The molecule has 25 heteroatoms. The van der Waals surface area contributed by atoms with E-state index in [2.05, 4.69) is 10.6 Å². The molecule has 0 unspecified atom stereocenters. The molecule has 0 saturated carbocycles. The number of rotatable bonds is 27. The second-order valence-electron chi connectivity index (χ2n) is 22.5. The summed E-state index contributed by atoms with van der Waals surface area (Å²) in [6, 6.07) is 27.2. The summed E-state index contributed by atoms with van der Waals surface area (Å²) in [5.41, 5.74) is 6.86. The standard InChI is InChI=1S/C30H41N3O9S.C19H30N2O6S.C9H9ClO2/c1-30(2,11-12-31)18-33(43(36,37)21-8-9-25-26(15-21)41-19-40-25)16-24(34)23(14-20-6-4-3-5-7-20)32-29(35)42-27-17-39-28-22(27)10-13-38-28;1-14(2)10-21(12-19(3,4)7-8-20-18(23)11-22)28(24,25)15-5-6-16-17(9-15)27-13-26-16;10-9(11)7-12-6-8-4-2-1-3-5-8/h3-9,15,22-24,27-28,34H,10-14,16-19,31H2,1-2H3,(H,32,35);5-6,9,14,22H,7-8,10-13H2,1-4H3,(H,20,23);1-5H,6-7H2/t22-,23-,24+,27-,28+;;/m0../s1. The number of sulfonamides is 2. The van der Waals surface area contributed by atoms with Gasteiger partial charge in [-0.3, -0.25) is 9.59 Å². The number of aliphatic hydroxyl groups is 2. The van der Waals surface area contributed by atoms with Crippen molar-refractivity contribution < 1.29 is 79.3 Å². The molecule has 22 nitrogen and oxygen atoms in total. The molecule has 5 atom stereocenters. The van der Waals surface area contributed by atoms with Crippen LogP contribution in [0.4, 0.5) is 4.79 Å². The van der Waals surface area contributed by atoms with Gasteiger partial charge in [-0.05, 0) is 96.0 Å². The van der Waals surface area contributed by atoms with Crippen LogP contribution in [0.25, 0.3) is 0 Å². The maximum absolute atomic E-state index is 14.0. The first-order valence-electron chi connectivity index (χ1n) is 27.5. The van der Waals surface area contributed by atoms with Crippen molar-refractivity contribution in [3.05, 3.63) is 108 Å². The molecular formula is C58H80ClN5O17S2. The number of carbonyl (C=O) groups is 3. The lowest BCUT2D eigenvalue weighted by molar-refractivity contribution is -0.123. The average Bonchev–Trinajstić information content (AvgIpc) is 4.36. The molecule has 4 aliphatic heterocycles. The molecule has 0 radical (unpaired) electrons. The Kier molecular flexibility index (Phi) is 24.8. The van der Waals surface area contributed by atoms with Crippen LogP contribution in [0.5, 0.6) is 23.0 Å². The summed E-state index contributed by atoms with van der Waals surface area (Å²) >= 11 is 5.08. The Morgan fingerprint density at radius 1 is 0.759 bits per heavy atom. The zero-order chi connectivity index (χ0) is 60.4. The van der Waals surface area contributed by atoms with Crippen LogP contribution in [-0.4, -0.2) is 157 Å². The number of nitrogens with two attached hydrogens (primary N) is 1. The second kappa shape index (κ2) is 31.0. The first-order chi connectivity index (χ1) is 39.4. The average molecular weight is 1220 g/mol. The van der Waals surface area contributed by atoms with E-state index in [4.69, 9.17) is 60.3 Å². The van der Waals surface area contributed by atoms with Crippen LogP contribution < -0.4 is 35.3 Å². The van der Waals surface area contributed by atoms with E-state index in [0.717, 1.165) is 17.5 Å². The molecule has 458 valence electrons. The molecule has 4 aliphatic rings. The molecule has 2 amide bonds. The van der Waals surface area contributed by atoms with Gasteiger partial charge in [0.25, 0.3) is 0 Å². The highest BCUT2D eigenvalue weighted by Crippen LogP contribution is 2.38. The van der Waals surface area contributed by atoms with Gasteiger partial charge in [-0.25, -0.2) is 21.6 Å². The van der Waals surface area contributed by atoms with E-state index < -0.39 is 67.6 Å². The third-order valence-corrected chi connectivity index (χ3v) is 17.6. The first kappa shape index (κ1) is 66.5. The van der Waals surface area contributed by atoms with Crippen LogP contribution in [0.15, 0.2) is 107 Å². The molecule has 83 heavy (non-hydrogen) atoms. The predicted molar refractivity (Wildman–Crippen MR) is 308 cm³/mol. The van der Waals surface area contributed by atoms with Crippen molar-refractivity contribution in [1.29, 1.82) is 0 Å². The lowest BCUT2D eigenvalue weighted by Crippen LogP contribution is -2.52. The third kappa shape index (κ3) is 20.3. The van der Waals surface area contributed by atoms with Crippen LogP contribution >= 0.6 is 11.6 Å². The van der Waals surface area contributed by atoms with E-state index in [1.165, 1.54) is 32.9 Å². The minimum absolute atomic E-state index is 0.00838. The van der Waals surface area contributed by atoms with E-state index in [0.29, 0.717) is 75.2 Å². The Balaban J connectivity index is 0.000000235. The van der Waals surface area contributed by atoms with Gasteiger partial charge >= 0.3 is 6.09 Å². The summed E-state index contributed by atoms with van der Waals surface area (Å²) in [5.74, 6) is 1.42. The van der Waals surface area contributed by atoms with Crippen LogP contribution in [-0.2, 0) is 61.6 Å². The summed E-state index contributed by atoms with van der Waals surface area (Å²) in [5, 5.41) is 25.3. The number of fused-ring (bicyclic) bond motifs is 3. The van der Waals surface area contributed by atoms with E-state index in [1.807, 2.05) is 102 Å². The van der Waals surface area contributed by atoms with Crippen LogP contribution in [0.1, 0.15) is 71.9 Å². The third-order valence-electron chi connectivity index (χ3n) is 13.9. The largest absolute Gasteiger partial charge is 0.454 e. The fourth-order valence-electron chi connectivity index (χ4n) is 9.56. The van der Waals surface area contributed by atoms with Gasteiger partial charge in [-0.2, -0.15) is 8.61 Å². The van der Waals surface area contributed by atoms with Gasteiger partial charge in [-0.1, -0.05) is 102 Å². The molecule has 4 aromatic rings. The molecule has 2 fully saturated rings. The van der Waals surface area contributed by atoms with E-state index >= 15 is 0 Å². The number of halogens is 1. The molecule has 0 bridgehead atoms. The maximum Gasteiger partial charge on any atom is 0.407 e. The van der Waals surface area contributed by atoms with Gasteiger partial charge in [0.05, 0.1) is 47.7 Å². The fourth-order valence-corrected chi connectivity index (χ4v) is 13.1. The summed E-state index contributed by atoms with van der Waals surface area (Å²) in [7, 11) is -7.84. The van der Waals surface area contributed by atoms with Crippen molar-refractivity contribution in [3.63, 3.8) is 0 Å². The topological polar surface area (TPSA) is 290 Å². The number of nitrogens with one attached hydrogen (secondary N) is 2. The highest BCUT2D eigenvalue weighted by molar-refractivity contribution is 7.89. The Bertz CT molecular complexity index is 2960. The monoisotopic (exact) mass is 1220 g/mol. The molecular weight excluding hydrogens is 1140 g/mol. The van der Waals surface area contributed by atoms with Crippen LogP contribution in [0.3, 0.4) is 0 Å². The number of nitrogens with zero attached hydrogens (tertiary/aromatic N) is 2. The molecule has 8 rings (SSSR count). The number of carbonyl (C=O) groups excluding carboxylic acids is 3. The number of hydrogen-bond donors (Lipinski definition) is 5. The summed E-state index contributed by atoms with van der Waals surface area (Å²) in [6.07, 6.45) is -0.741. The molecule has 2 saturated heterocycles. The van der Waals surface area contributed by atoms with E-state index in [9.17, 15) is 36.3 Å². The summed E-state index contributed by atoms with van der Waals surface area (Å²) in [6.45, 7) is 13.6. The number of benzene rings is 4. The molecule has 0 spiro atoms. The van der Waals surface area contributed by atoms with Gasteiger partial charge in [-0.15, -0.1) is 0 Å². The zero-order valence-corrected chi connectivity index (χ0v) is 50.3. The number of alkyl carbamates (subject to hydrolysis) is 1. The highest BCUT2D eigenvalue weighted by Gasteiger charge is 2.44. The van der Waals surface area contributed by atoms with Crippen molar-refractivity contribution in [1.82, 2.24) is 19.2 Å². The van der Waals surface area contributed by atoms with Crippen molar-refractivity contribution in [2.24, 2.45) is 28.4 Å². The quantitative estimate of drug-likeness (QED) is 0.0441. The lowest BCUT2D eigenvalue weighted by Gasteiger charge is -2.35. The van der Waals surface area contributed by atoms with Gasteiger partial charge in [0.2, 0.25) is 44.8 Å². The van der Waals surface area contributed by atoms with Crippen molar-refractivity contribution in [2.45, 2.75) is 108 Å². The smallest absolute Gasteiger partial charge is 0.407 e. The van der Waals surface area contributed by atoms with Crippen LogP contribution in [0.2, 0.25) is 0 Å². The number of aliphatic hydroxyl groups excluding tert-OH is 2. The van der Waals surface area contributed by atoms with E-state index in [1.54, 1.807) is 12.1 Å². The summed E-state index contributed by atoms with van der Waals surface area (Å²) < 4.78 is 101.